The molecule has 5 nitrogen and oxygen atoms in total. The van der Waals surface area contributed by atoms with E-state index in [1.54, 1.807) is 12.2 Å². The molecule has 0 aromatic heterocycles. The van der Waals surface area contributed by atoms with E-state index in [9.17, 15) is 14.7 Å². The van der Waals surface area contributed by atoms with E-state index in [-0.39, 0.29) is 24.8 Å². The van der Waals surface area contributed by atoms with Crippen molar-refractivity contribution < 1.29 is 19.4 Å². The van der Waals surface area contributed by atoms with Crippen molar-refractivity contribution >= 4 is 12.1 Å². The molecule has 2 aromatic rings. The van der Waals surface area contributed by atoms with E-state index in [0.29, 0.717) is 0 Å². The van der Waals surface area contributed by atoms with Crippen molar-refractivity contribution in [2.45, 2.75) is 5.92 Å². The van der Waals surface area contributed by atoms with Gasteiger partial charge in [-0.05, 0) is 28.3 Å². The van der Waals surface area contributed by atoms with Crippen LogP contribution in [0.4, 0.5) is 4.79 Å². The summed E-state index contributed by atoms with van der Waals surface area (Å²) in [5, 5.41) is 9.24. The number of allylic oxidation sites excluding steroid dienone is 2. The lowest BCUT2D eigenvalue weighted by Gasteiger charge is -2.22. The number of nitrogens with zero attached hydrogens (tertiary/aromatic N) is 1. The van der Waals surface area contributed by atoms with Crippen LogP contribution in [0, 0.1) is 0 Å². The minimum atomic E-state index is -1.17. The Labute approximate surface area is 150 Å². The van der Waals surface area contributed by atoms with Gasteiger partial charge in [-0.15, -0.1) is 0 Å². The molecule has 5 heteroatoms. The van der Waals surface area contributed by atoms with E-state index in [1.807, 2.05) is 36.4 Å². The quantitative estimate of drug-likeness (QED) is 0.858. The average Bonchev–Trinajstić information content (AvgIpc) is 3.00. The van der Waals surface area contributed by atoms with Gasteiger partial charge >= 0.3 is 12.1 Å². The van der Waals surface area contributed by atoms with Crippen molar-refractivity contribution in [2.75, 3.05) is 13.2 Å². The molecule has 0 saturated carbocycles. The Morgan fingerprint density at radius 1 is 1.04 bits per heavy atom. The number of benzene rings is 2. The van der Waals surface area contributed by atoms with Crippen LogP contribution in [0.25, 0.3) is 11.1 Å². The zero-order valence-corrected chi connectivity index (χ0v) is 14.0. The average molecular weight is 347 g/mol. The molecule has 0 bridgehead atoms. The standard InChI is InChI=1S/C21H17NO4/c23-20(19-11-5-6-12-22(19)21(24)25)26-13-18-16-9-3-1-7-14(16)15-8-2-4-10-17(15)18/h1-11,18H,12-13H2,(H,24,25). The maximum atomic E-state index is 12.5. The Morgan fingerprint density at radius 2 is 1.65 bits per heavy atom. The Kier molecular flexibility index (Phi) is 4.05. The van der Waals surface area contributed by atoms with Crippen molar-refractivity contribution in [3.05, 3.63) is 83.6 Å². The summed E-state index contributed by atoms with van der Waals surface area (Å²) in [6.45, 7) is 0.312. The molecule has 0 spiro atoms. The third-order valence-electron chi connectivity index (χ3n) is 4.75. The van der Waals surface area contributed by atoms with Crippen LogP contribution >= 0.6 is 0 Å². The first-order chi connectivity index (χ1) is 12.7. The van der Waals surface area contributed by atoms with Crippen molar-refractivity contribution in [1.82, 2.24) is 4.90 Å². The van der Waals surface area contributed by atoms with Crippen LogP contribution in [0.3, 0.4) is 0 Å². The van der Waals surface area contributed by atoms with Gasteiger partial charge in [0.25, 0.3) is 0 Å². The molecule has 26 heavy (non-hydrogen) atoms. The summed E-state index contributed by atoms with van der Waals surface area (Å²) < 4.78 is 5.51. The maximum Gasteiger partial charge on any atom is 0.412 e. The van der Waals surface area contributed by atoms with E-state index in [1.165, 1.54) is 6.08 Å². The molecule has 1 aliphatic heterocycles. The fraction of sp³-hybridized carbons (Fsp3) is 0.143. The zero-order chi connectivity index (χ0) is 18.1. The molecule has 2 aromatic carbocycles. The topological polar surface area (TPSA) is 66.8 Å². The van der Waals surface area contributed by atoms with Gasteiger partial charge in [-0.2, -0.15) is 0 Å². The maximum absolute atomic E-state index is 12.5. The highest BCUT2D eigenvalue weighted by molar-refractivity contribution is 5.93. The van der Waals surface area contributed by atoms with Gasteiger partial charge in [-0.3, -0.25) is 4.90 Å². The van der Waals surface area contributed by atoms with Gasteiger partial charge in [0.05, 0.1) is 0 Å². The molecule has 1 aliphatic carbocycles. The minimum absolute atomic E-state index is 0.0413. The fourth-order valence-corrected chi connectivity index (χ4v) is 3.55. The molecule has 1 amide bonds. The summed E-state index contributed by atoms with van der Waals surface area (Å²) in [7, 11) is 0. The minimum Gasteiger partial charge on any atom is -0.465 e. The molecular weight excluding hydrogens is 330 g/mol. The van der Waals surface area contributed by atoms with Crippen molar-refractivity contribution in [3.8, 4) is 11.1 Å². The number of ether oxygens (including phenoxy) is 1. The van der Waals surface area contributed by atoms with E-state index >= 15 is 0 Å². The summed E-state index contributed by atoms with van der Waals surface area (Å²) in [5.74, 6) is -0.678. The Balaban J connectivity index is 1.57. The van der Waals surface area contributed by atoms with Crippen LogP contribution < -0.4 is 0 Å². The van der Waals surface area contributed by atoms with Crippen LogP contribution in [0.5, 0.6) is 0 Å². The molecule has 0 unspecified atom stereocenters. The monoisotopic (exact) mass is 347 g/mol. The number of fused-ring (bicyclic) bond motifs is 3. The lowest BCUT2D eigenvalue weighted by Crippen LogP contribution is -2.35. The predicted molar refractivity (Wildman–Crippen MR) is 96.6 cm³/mol. The van der Waals surface area contributed by atoms with Gasteiger partial charge in [0.15, 0.2) is 0 Å². The molecular formula is C21H17NO4. The fourth-order valence-electron chi connectivity index (χ4n) is 3.55. The number of carbonyl (C=O) groups is 2. The third-order valence-corrected chi connectivity index (χ3v) is 4.75. The Bertz CT molecular complexity index is 899. The van der Waals surface area contributed by atoms with Crippen LogP contribution in [-0.2, 0) is 9.53 Å². The highest BCUT2D eigenvalue weighted by Gasteiger charge is 2.30. The molecule has 1 heterocycles. The smallest absolute Gasteiger partial charge is 0.412 e. The summed E-state index contributed by atoms with van der Waals surface area (Å²) in [4.78, 5) is 24.7. The van der Waals surface area contributed by atoms with Gasteiger partial charge in [0, 0.05) is 12.5 Å². The number of rotatable bonds is 3. The number of carboxylic acid groups (broad SMARTS) is 1. The second-order valence-electron chi connectivity index (χ2n) is 6.20. The number of hydrogen-bond donors (Lipinski definition) is 1. The lowest BCUT2D eigenvalue weighted by atomic mass is 9.98. The number of carbonyl (C=O) groups excluding carboxylic acids is 1. The SMILES string of the molecule is O=C(OCC1c2ccccc2-c2ccccc21)C1=CC=CCN1C(=O)O. The van der Waals surface area contributed by atoms with Gasteiger partial charge in [0.1, 0.15) is 12.3 Å². The second-order valence-corrected chi connectivity index (χ2v) is 6.20. The predicted octanol–water partition coefficient (Wildman–Crippen LogP) is 3.78. The van der Waals surface area contributed by atoms with E-state index in [0.717, 1.165) is 27.2 Å². The molecule has 130 valence electrons. The van der Waals surface area contributed by atoms with Crippen LogP contribution in [0.2, 0.25) is 0 Å². The van der Waals surface area contributed by atoms with Gasteiger partial charge in [-0.1, -0.05) is 60.7 Å². The van der Waals surface area contributed by atoms with E-state index < -0.39 is 12.1 Å². The second kappa shape index (κ2) is 6.52. The van der Waals surface area contributed by atoms with Crippen LogP contribution in [-0.4, -0.2) is 35.2 Å². The Morgan fingerprint density at radius 3 is 2.27 bits per heavy atom. The largest absolute Gasteiger partial charge is 0.465 e. The zero-order valence-electron chi connectivity index (χ0n) is 14.0. The van der Waals surface area contributed by atoms with Gasteiger partial charge in [0.2, 0.25) is 0 Å². The van der Waals surface area contributed by atoms with Gasteiger partial charge in [-0.25, -0.2) is 9.59 Å². The normalized spacial score (nSPS) is 15.2. The number of hydrogen-bond acceptors (Lipinski definition) is 3. The van der Waals surface area contributed by atoms with Crippen molar-refractivity contribution in [2.24, 2.45) is 0 Å². The number of esters is 1. The van der Waals surface area contributed by atoms with Crippen molar-refractivity contribution in [1.29, 1.82) is 0 Å². The van der Waals surface area contributed by atoms with Crippen LogP contribution in [0.1, 0.15) is 17.0 Å². The first-order valence-electron chi connectivity index (χ1n) is 8.39. The van der Waals surface area contributed by atoms with Gasteiger partial charge < -0.3 is 9.84 Å². The summed E-state index contributed by atoms with van der Waals surface area (Å²) in [6, 6.07) is 16.1. The van der Waals surface area contributed by atoms with Crippen molar-refractivity contribution in [3.63, 3.8) is 0 Å². The highest BCUT2D eigenvalue weighted by atomic mass is 16.5. The summed E-state index contributed by atoms with van der Waals surface area (Å²) >= 11 is 0. The number of amides is 1. The lowest BCUT2D eigenvalue weighted by molar-refractivity contribution is -0.140. The Hall–Kier alpha value is -3.34. The summed E-state index contributed by atoms with van der Waals surface area (Å²) in [5.41, 5.74) is 4.58. The summed E-state index contributed by atoms with van der Waals surface area (Å²) in [6.07, 6.45) is 3.63. The molecule has 0 atom stereocenters. The molecule has 1 N–H and O–H groups in total. The van der Waals surface area contributed by atoms with E-state index in [4.69, 9.17) is 4.74 Å². The first kappa shape index (κ1) is 16.1. The third kappa shape index (κ3) is 2.67. The first-order valence-corrected chi connectivity index (χ1v) is 8.39. The molecule has 0 fully saturated rings. The molecule has 0 radical (unpaired) electrons. The molecule has 4 rings (SSSR count). The molecule has 2 aliphatic rings. The molecule has 0 saturated heterocycles. The highest BCUT2D eigenvalue weighted by Crippen LogP contribution is 2.44. The van der Waals surface area contributed by atoms with Crippen LogP contribution in [0.15, 0.2) is 72.5 Å². The van der Waals surface area contributed by atoms with E-state index in [2.05, 4.69) is 12.1 Å².